The molecule has 1 atom stereocenters. The van der Waals surface area contributed by atoms with Gasteiger partial charge in [-0.3, -0.25) is 4.79 Å². The third-order valence-corrected chi connectivity index (χ3v) is 5.67. The number of nitrogens with zero attached hydrogens (tertiary/aromatic N) is 4. The number of oxazole rings is 1. The van der Waals surface area contributed by atoms with Crippen LogP contribution in [0.15, 0.2) is 59.3 Å². The highest BCUT2D eigenvalue weighted by Crippen LogP contribution is 2.37. The van der Waals surface area contributed by atoms with E-state index in [1.807, 2.05) is 0 Å². The average molecular weight is 471 g/mol. The van der Waals surface area contributed by atoms with E-state index in [1.54, 1.807) is 24.3 Å². The first-order valence-corrected chi connectivity index (χ1v) is 10.4. The molecule has 1 amide bonds. The Labute approximate surface area is 190 Å². The van der Waals surface area contributed by atoms with Crippen LogP contribution < -0.4 is 5.32 Å². The number of fused-ring (bicyclic) bond motifs is 1. The van der Waals surface area contributed by atoms with Crippen molar-refractivity contribution < 1.29 is 26.8 Å². The summed E-state index contributed by atoms with van der Waals surface area (Å²) in [7, 11) is 0. The molecule has 3 heterocycles. The predicted octanol–water partition coefficient (Wildman–Crippen LogP) is 4.52. The van der Waals surface area contributed by atoms with E-state index in [-0.39, 0.29) is 30.5 Å². The van der Waals surface area contributed by atoms with Crippen LogP contribution in [0.4, 0.5) is 23.6 Å². The predicted molar refractivity (Wildman–Crippen MR) is 114 cm³/mol. The van der Waals surface area contributed by atoms with Crippen LogP contribution in [0.2, 0.25) is 0 Å². The number of benzene rings is 2. The molecule has 0 radical (unpaired) electrons. The van der Waals surface area contributed by atoms with Crippen LogP contribution in [0, 0.1) is 11.6 Å². The third kappa shape index (κ3) is 3.82. The second-order valence-electron chi connectivity index (χ2n) is 7.75. The molecule has 4 aromatic rings. The number of hydrogen-bond donors (Lipinski definition) is 1. The maximum absolute atomic E-state index is 14.8. The van der Waals surface area contributed by atoms with Crippen molar-refractivity contribution in [1.82, 2.24) is 19.9 Å². The molecule has 1 N–H and O–H groups in total. The zero-order chi connectivity index (χ0) is 23.9. The maximum atomic E-state index is 14.8. The third-order valence-electron chi connectivity index (χ3n) is 5.67. The Kier molecular flexibility index (Phi) is 5.39. The van der Waals surface area contributed by atoms with Gasteiger partial charge in [0, 0.05) is 31.9 Å². The second kappa shape index (κ2) is 8.40. The zero-order valence-corrected chi connectivity index (χ0v) is 17.5. The summed E-state index contributed by atoms with van der Waals surface area (Å²) in [5, 5.41) is 2.72. The fourth-order valence-corrected chi connectivity index (χ4v) is 3.98. The van der Waals surface area contributed by atoms with Crippen molar-refractivity contribution in [3.63, 3.8) is 0 Å². The number of rotatable bonds is 5. The summed E-state index contributed by atoms with van der Waals surface area (Å²) in [4.78, 5) is 26.3. The first kappa shape index (κ1) is 21.8. The van der Waals surface area contributed by atoms with Crippen molar-refractivity contribution in [2.45, 2.75) is 18.4 Å². The number of halogens is 4. The molecule has 34 heavy (non-hydrogen) atoms. The Hall–Kier alpha value is -4.02. The zero-order valence-electron chi connectivity index (χ0n) is 17.5. The number of carbonyl (C=O) groups is 1. The number of likely N-dealkylation sites (tertiary alicyclic amines) is 1. The van der Waals surface area contributed by atoms with E-state index in [9.17, 15) is 22.4 Å². The number of para-hydroxylation sites is 2. The van der Waals surface area contributed by atoms with Crippen LogP contribution >= 0.6 is 0 Å². The Balaban J connectivity index is 1.45. The Morgan fingerprint density at radius 3 is 2.65 bits per heavy atom. The van der Waals surface area contributed by atoms with Crippen LogP contribution in [0.3, 0.4) is 0 Å². The Morgan fingerprint density at radius 2 is 1.88 bits per heavy atom. The van der Waals surface area contributed by atoms with Gasteiger partial charge in [0.05, 0.1) is 11.1 Å². The summed E-state index contributed by atoms with van der Waals surface area (Å²) in [6, 6.07) is 8.65. The van der Waals surface area contributed by atoms with Crippen molar-refractivity contribution in [3.8, 4) is 11.4 Å². The lowest BCUT2D eigenvalue weighted by Gasteiger charge is -2.28. The van der Waals surface area contributed by atoms with Crippen molar-refractivity contribution in [2.75, 3.05) is 18.4 Å². The number of hydrogen-bond acceptors (Lipinski definition) is 6. The van der Waals surface area contributed by atoms with E-state index in [2.05, 4.69) is 20.3 Å². The normalized spacial score (nSPS) is 17.3. The van der Waals surface area contributed by atoms with Crippen LogP contribution in [-0.4, -0.2) is 50.8 Å². The number of aromatic nitrogens is 3. The lowest BCUT2D eigenvalue weighted by molar-refractivity contribution is -0.0249. The van der Waals surface area contributed by atoms with Gasteiger partial charge in [0.25, 0.3) is 17.8 Å². The fourth-order valence-electron chi connectivity index (χ4n) is 3.98. The van der Waals surface area contributed by atoms with E-state index in [0.29, 0.717) is 11.1 Å². The first-order valence-electron chi connectivity index (χ1n) is 10.4. The summed E-state index contributed by atoms with van der Waals surface area (Å²) < 4.78 is 63.7. The number of carbonyl (C=O) groups excluding carboxylic acids is 1. The van der Waals surface area contributed by atoms with E-state index in [4.69, 9.17) is 4.42 Å². The monoisotopic (exact) mass is 471 g/mol. The molecule has 7 nitrogen and oxygen atoms in total. The average Bonchev–Trinajstić information content (AvgIpc) is 3.38. The molecule has 174 valence electrons. The number of amides is 1. The van der Waals surface area contributed by atoms with Gasteiger partial charge in [0.2, 0.25) is 0 Å². The molecule has 1 saturated heterocycles. The van der Waals surface area contributed by atoms with E-state index in [0.717, 1.165) is 17.0 Å². The molecule has 1 aliphatic heterocycles. The molecule has 0 bridgehead atoms. The van der Waals surface area contributed by atoms with Crippen LogP contribution in [0.1, 0.15) is 16.8 Å². The van der Waals surface area contributed by atoms with Crippen molar-refractivity contribution in [1.29, 1.82) is 0 Å². The van der Waals surface area contributed by atoms with Gasteiger partial charge in [0.1, 0.15) is 11.6 Å². The summed E-state index contributed by atoms with van der Waals surface area (Å²) in [6.07, 6.45) is 2.02. The summed E-state index contributed by atoms with van der Waals surface area (Å²) in [5.41, 5.74) is 0.233. The molecule has 2 aromatic carbocycles. The minimum atomic E-state index is -3.23. The summed E-state index contributed by atoms with van der Waals surface area (Å²) in [5.74, 6) is -6.88. The van der Waals surface area contributed by atoms with Crippen molar-refractivity contribution >= 4 is 23.0 Å². The minimum absolute atomic E-state index is 0.0301. The van der Waals surface area contributed by atoms with E-state index < -0.39 is 41.5 Å². The van der Waals surface area contributed by atoms with E-state index >= 15 is 0 Å². The summed E-state index contributed by atoms with van der Waals surface area (Å²) >= 11 is 0. The highest BCUT2D eigenvalue weighted by Gasteiger charge is 2.51. The smallest absolute Gasteiger partial charge is 0.295 e. The molecule has 1 aliphatic rings. The van der Waals surface area contributed by atoms with Crippen LogP contribution in [-0.2, 0) is 0 Å². The van der Waals surface area contributed by atoms with Crippen molar-refractivity contribution in [3.05, 3.63) is 72.1 Å². The number of alkyl halides is 2. The second-order valence-corrected chi connectivity index (χ2v) is 7.75. The SMILES string of the molecule is O=C(c1ccc(F)c(F)c1-c1ncccn1)N1CCC(F)(F)[C@H]1CNc1nc2ccccc2o1. The largest absolute Gasteiger partial charge is 0.424 e. The van der Waals surface area contributed by atoms with Crippen LogP contribution in [0.5, 0.6) is 0 Å². The minimum Gasteiger partial charge on any atom is -0.424 e. The highest BCUT2D eigenvalue weighted by molar-refractivity contribution is 6.00. The lowest BCUT2D eigenvalue weighted by Crippen LogP contribution is -2.47. The Bertz CT molecular complexity index is 1330. The molecule has 2 aromatic heterocycles. The molecule has 0 saturated carbocycles. The molecule has 11 heteroatoms. The van der Waals surface area contributed by atoms with Gasteiger partial charge in [-0.05, 0) is 30.3 Å². The van der Waals surface area contributed by atoms with Crippen LogP contribution in [0.25, 0.3) is 22.5 Å². The standard InChI is InChI=1S/C23H17F4N5O2/c24-14-7-6-13(18(19(14)25)20-28-9-3-10-29-20)21(33)32-11-8-23(26,27)17(32)12-30-22-31-15-4-1-2-5-16(15)34-22/h1-7,9-10,17H,8,11-12H2,(H,30,31)/t17-/m1/s1. The quantitative estimate of drug-likeness (QED) is 0.431. The summed E-state index contributed by atoms with van der Waals surface area (Å²) in [6.45, 7) is -0.647. The van der Waals surface area contributed by atoms with Gasteiger partial charge in [-0.1, -0.05) is 12.1 Å². The Morgan fingerprint density at radius 1 is 1.12 bits per heavy atom. The van der Waals surface area contributed by atoms with Gasteiger partial charge in [-0.2, -0.15) is 4.98 Å². The van der Waals surface area contributed by atoms with Gasteiger partial charge in [-0.15, -0.1) is 0 Å². The molecule has 0 aliphatic carbocycles. The van der Waals surface area contributed by atoms with Gasteiger partial charge in [0.15, 0.2) is 23.0 Å². The van der Waals surface area contributed by atoms with Gasteiger partial charge in [-0.25, -0.2) is 27.5 Å². The molecule has 0 unspecified atom stereocenters. The van der Waals surface area contributed by atoms with Gasteiger partial charge < -0.3 is 14.6 Å². The molecule has 1 fully saturated rings. The number of anilines is 1. The molecule has 5 rings (SSSR count). The topological polar surface area (TPSA) is 84.2 Å². The molecule has 0 spiro atoms. The highest BCUT2D eigenvalue weighted by atomic mass is 19.3. The lowest BCUT2D eigenvalue weighted by atomic mass is 10.0. The molecular formula is C23H17F4N5O2. The molecular weight excluding hydrogens is 454 g/mol. The maximum Gasteiger partial charge on any atom is 0.295 e. The van der Waals surface area contributed by atoms with Gasteiger partial charge >= 0.3 is 0 Å². The first-order chi connectivity index (χ1) is 16.3. The fraction of sp³-hybridized carbons (Fsp3) is 0.217. The number of nitrogens with one attached hydrogen (secondary N) is 1. The van der Waals surface area contributed by atoms with Crippen molar-refractivity contribution in [2.24, 2.45) is 0 Å². The van der Waals surface area contributed by atoms with E-state index in [1.165, 1.54) is 18.5 Å².